The molecule has 8 unspecified atom stereocenters. The number of nitrogens with one attached hydrogen (secondary N) is 1. The van der Waals surface area contributed by atoms with E-state index in [2.05, 4.69) is 43.5 Å². The number of hydrogen-bond acceptors (Lipinski definition) is 2. The van der Waals surface area contributed by atoms with Gasteiger partial charge in [-0.15, -0.1) is 0 Å². The maximum atomic E-state index is 10.7. The maximum absolute atomic E-state index is 10.7. The summed E-state index contributed by atoms with van der Waals surface area (Å²) in [4.78, 5) is 0. The van der Waals surface area contributed by atoms with Crippen molar-refractivity contribution in [3.8, 4) is 0 Å². The third kappa shape index (κ3) is 2.74. The molecule has 2 nitrogen and oxygen atoms in total. The summed E-state index contributed by atoms with van der Waals surface area (Å²) in [5, 5.41) is 14.7. The molecule has 0 bridgehead atoms. The van der Waals surface area contributed by atoms with E-state index in [-0.39, 0.29) is 6.10 Å². The highest BCUT2D eigenvalue weighted by atomic mass is 16.3. The van der Waals surface area contributed by atoms with E-state index in [0.29, 0.717) is 23.3 Å². The lowest BCUT2D eigenvalue weighted by Gasteiger charge is -2.44. The van der Waals surface area contributed by atoms with E-state index in [1.165, 1.54) is 44.9 Å². The number of aliphatic hydroxyl groups is 1. The van der Waals surface area contributed by atoms with Crippen molar-refractivity contribution < 1.29 is 5.11 Å². The SMILES string of the molecule is CC1(C)C2=C(CCC3NC4CCC=CC4C23)C2CCC([C@H]3C=CCCC3O)CC21. The Bertz CT molecular complexity index is 760. The summed E-state index contributed by atoms with van der Waals surface area (Å²) < 4.78 is 0. The number of allylic oxidation sites excluding steroid dienone is 3. The fourth-order valence-corrected chi connectivity index (χ4v) is 8.89. The van der Waals surface area contributed by atoms with E-state index in [4.69, 9.17) is 0 Å². The quantitative estimate of drug-likeness (QED) is 0.585. The Hall–Kier alpha value is -0.860. The highest BCUT2D eigenvalue weighted by molar-refractivity contribution is 5.40. The predicted octanol–water partition coefficient (Wildman–Crippen LogP) is 5.40. The van der Waals surface area contributed by atoms with Gasteiger partial charge < -0.3 is 10.4 Å². The van der Waals surface area contributed by atoms with Crippen molar-refractivity contribution in [1.82, 2.24) is 5.32 Å². The summed E-state index contributed by atoms with van der Waals surface area (Å²) in [5.74, 6) is 4.19. The number of hydrogen-bond donors (Lipinski definition) is 2. The Morgan fingerprint density at radius 1 is 0.931 bits per heavy atom. The molecule has 158 valence electrons. The van der Waals surface area contributed by atoms with Crippen molar-refractivity contribution in [2.24, 2.45) is 40.9 Å². The molecule has 9 atom stereocenters. The Kier molecular flexibility index (Phi) is 4.44. The van der Waals surface area contributed by atoms with Crippen LogP contribution in [-0.4, -0.2) is 23.3 Å². The molecule has 0 spiro atoms. The Labute approximate surface area is 176 Å². The molecule has 6 aliphatic rings. The average molecular weight is 394 g/mol. The molecular weight excluding hydrogens is 354 g/mol. The molecule has 2 heteroatoms. The van der Waals surface area contributed by atoms with Crippen LogP contribution in [0.25, 0.3) is 0 Å². The molecular formula is C27H39NO. The van der Waals surface area contributed by atoms with Crippen molar-refractivity contribution in [2.45, 2.75) is 89.8 Å². The van der Waals surface area contributed by atoms with Gasteiger partial charge in [-0.05, 0) is 81.0 Å². The summed E-state index contributed by atoms with van der Waals surface area (Å²) in [6.07, 6.45) is 20.9. The number of rotatable bonds is 1. The molecule has 2 fully saturated rings. The van der Waals surface area contributed by atoms with E-state index in [1.807, 2.05) is 11.1 Å². The minimum absolute atomic E-state index is 0.106. The standard InChI is InChI=1S/C27H39NO/c1-27(2)21-15-16(17-7-4-6-10-24(17)29)11-12-18(21)19-13-14-23-25(26(19)27)20-8-3-5-9-22(20)28-23/h3-4,7-8,16-18,20-25,28-29H,5-6,9-15H2,1-2H3/t16?,17-,18?,20?,21?,22?,23?,24?,25?/m1/s1. The third-order valence-electron chi connectivity index (χ3n) is 10.1. The molecule has 1 aliphatic heterocycles. The van der Waals surface area contributed by atoms with Crippen molar-refractivity contribution >= 4 is 0 Å². The largest absolute Gasteiger partial charge is 0.392 e. The summed E-state index contributed by atoms with van der Waals surface area (Å²) in [5.41, 5.74) is 4.10. The summed E-state index contributed by atoms with van der Waals surface area (Å²) in [7, 11) is 0. The van der Waals surface area contributed by atoms with Crippen LogP contribution >= 0.6 is 0 Å². The molecule has 1 saturated heterocycles. The molecule has 29 heavy (non-hydrogen) atoms. The highest BCUT2D eigenvalue weighted by Gasteiger charge is 2.58. The van der Waals surface area contributed by atoms with Crippen LogP contribution in [0, 0.1) is 40.9 Å². The first-order chi connectivity index (χ1) is 14.1. The predicted molar refractivity (Wildman–Crippen MR) is 118 cm³/mol. The van der Waals surface area contributed by atoms with Crippen LogP contribution in [0.3, 0.4) is 0 Å². The fraction of sp³-hybridized carbons (Fsp3) is 0.778. The monoisotopic (exact) mass is 393 g/mol. The minimum Gasteiger partial charge on any atom is -0.392 e. The lowest BCUT2D eigenvalue weighted by Crippen LogP contribution is -2.39. The van der Waals surface area contributed by atoms with Crippen molar-refractivity contribution in [2.75, 3.05) is 0 Å². The van der Waals surface area contributed by atoms with Crippen LogP contribution in [0.1, 0.15) is 71.6 Å². The van der Waals surface area contributed by atoms with Gasteiger partial charge >= 0.3 is 0 Å². The zero-order chi connectivity index (χ0) is 19.8. The minimum atomic E-state index is -0.106. The van der Waals surface area contributed by atoms with Crippen molar-refractivity contribution in [3.05, 3.63) is 35.5 Å². The Morgan fingerprint density at radius 3 is 2.55 bits per heavy atom. The second-order valence-corrected chi connectivity index (χ2v) is 11.6. The van der Waals surface area contributed by atoms with Crippen LogP contribution in [0.2, 0.25) is 0 Å². The van der Waals surface area contributed by atoms with Crippen LogP contribution < -0.4 is 5.32 Å². The van der Waals surface area contributed by atoms with Crippen LogP contribution in [-0.2, 0) is 0 Å². The van der Waals surface area contributed by atoms with Crippen LogP contribution in [0.15, 0.2) is 35.5 Å². The van der Waals surface area contributed by atoms with Crippen molar-refractivity contribution in [3.63, 3.8) is 0 Å². The van der Waals surface area contributed by atoms with Gasteiger partial charge in [0.05, 0.1) is 6.10 Å². The molecule has 0 aromatic heterocycles. The van der Waals surface area contributed by atoms with E-state index in [1.54, 1.807) is 0 Å². The van der Waals surface area contributed by atoms with Gasteiger partial charge in [0, 0.05) is 29.8 Å². The first kappa shape index (κ1) is 18.9. The lowest BCUT2D eigenvalue weighted by molar-refractivity contribution is 0.0394. The fourth-order valence-electron chi connectivity index (χ4n) is 8.89. The highest BCUT2D eigenvalue weighted by Crippen LogP contribution is 2.64. The van der Waals surface area contributed by atoms with Gasteiger partial charge in [0.25, 0.3) is 0 Å². The van der Waals surface area contributed by atoms with Gasteiger partial charge in [0.1, 0.15) is 0 Å². The molecule has 5 aliphatic carbocycles. The maximum Gasteiger partial charge on any atom is 0.0608 e. The van der Waals surface area contributed by atoms with Crippen LogP contribution in [0.4, 0.5) is 0 Å². The zero-order valence-corrected chi connectivity index (χ0v) is 18.3. The molecule has 1 heterocycles. The second kappa shape index (κ2) is 6.82. The molecule has 6 rings (SSSR count). The van der Waals surface area contributed by atoms with E-state index in [9.17, 15) is 5.11 Å². The normalized spacial score (nSPS) is 50.1. The Balaban J connectivity index is 1.32. The van der Waals surface area contributed by atoms with Crippen molar-refractivity contribution in [1.29, 1.82) is 0 Å². The lowest BCUT2D eigenvalue weighted by atomic mass is 9.60. The van der Waals surface area contributed by atoms with E-state index in [0.717, 1.165) is 42.6 Å². The van der Waals surface area contributed by atoms with E-state index < -0.39 is 0 Å². The molecule has 0 aromatic carbocycles. The van der Waals surface area contributed by atoms with Gasteiger partial charge in [-0.2, -0.15) is 0 Å². The zero-order valence-electron chi connectivity index (χ0n) is 18.3. The van der Waals surface area contributed by atoms with Gasteiger partial charge in [-0.25, -0.2) is 0 Å². The summed E-state index contributed by atoms with van der Waals surface area (Å²) >= 11 is 0. The molecule has 0 radical (unpaired) electrons. The molecule has 0 amide bonds. The van der Waals surface area contributed by atoms with Gasteiger partial charge in [0.2, 0.25) is 0 Å². The van der Waals surface area contributed by atoms with Crippen LogP contribution in [0.5, 0.6) is 0 Å². The van der Waals surface area contributed by atoms with Gasteiger partial charge in [-0.1, -0.05) is 49.3 Å². The third-order valence-corrected chi connectivity index (χ3v) is 10.1. The summed E-state index contributed by atoms with van der Waals surface area (Å²) in [6, 6.07) is 1.43. The first-order valence-electron chi connectivity index (χ1n) is 12.6. The average Bonchev–Trinajstić information content (AvgIpc) is 3.21. The first-order valence-corrected chi connectivity index (χ1v) is 12.6. The summed E-state index contributed by atoms with van der Waals surface area (Å²) in [6.45, 7) is 5.18. The number of fused-ring (bicyclic) bond motifs is 6. The molecule has 1 saturated carbocycles. The van der Waals surface area contributed by atoms with Gasteiger partial charge in [0.15, 0.2) is 0 Å². The number of aliphatic hydroxyl groups excluding tert-OH is 1. The Morgan fingerprint density at radius 2 is 1.72 bits per heavy atom. The smallest absolute Gasteiger partial charge is 0.0608 e. The van der Waals surface area contributed by atoms with E-state index >= 15 is 0 Å². The topological polar surface area (TPSA) is 32.3 Å². The van der Waals surface area contributed by atoms with Gasteiger partial charge in [-0.3, -0.25) is 0 Å². The molecule has 0 aromatic rings. The molecule has 2 N–H and O–H groups in total. The second-order valence-electron chi connectivity index (χ2n) is 11.6.